The number of hydrogen-bond acceptors (Lipinski definition) is 7. The second kappa shape index (κ2) is 5.04. The highest BCUT2D eigenvalue weighted by Crippen LogP contribution is 2.39. The highest BCUT2D eigenvalue weighted by atomic mass is 32.2. The van der Waals surface area contributed by atoms with Gasteiger partial charge in [0.2, 0.25) is 10.0 Å². The van der Waals surface area contributed by atoms with E-state index in [1.807, 2.05) is 6.20 Å². The van der Waals surface area contributed by atoms with Crippen LogP contribution < -0.4 is 0 Å². The third-order valence-electron chi connectivity index (χ3n) is 4.59. The Bertz CT molecular complexity index is 1020. The fraction of sp³-hybridized carbons (Fsp3) is 0.429. The van der Waals surface area contributed by atoms with Crippen LogP contribution >= 0.6 is 11.7 Å². The minimum Gasteiger partial charge on any atom is -0.247 e. The van der Waals surface area contributed by atoms with E-state index in [0.29, 0.717) is 30.0 Å². The minimum atomic E-state index is -3.56. The lowest BCUT2D eigenvalue weighted by Crippen LogP contribution is -2.50. The van der Waals surface area contributed by atoms with Crippen LogP contribution in [0.25, 0.3) is 11.0 Å². The molecular formula is C14H14N6O2S2. The van der Waals surface area contributed by atoms with E-state index in [0.717, 1.165) is 17.4 Å². The number of fused-ring (bicyclic) bond motifs is 1. The first-order chi connectivity index (χ1) is 11.6. The van der Waals surface area contributed by atoms with Gasteiger partial charge in [-0.1, -0.05) is 11.3 Å². The van der Waals surface area contributed by atoms with E-state index in [1.54, 1.807) is 22.9 Å². The predicted molar refractivity (Wildman–Crippen MR) is 87.2 cm³/mol. The van der Waals surface area contributed by atoms with Gasteiger partial charge in [0.15, 0.2) is 0 Å². The number of nitrogens with zero attached hydrogens (tertiary/aromatic N) is 6. The largest absolute Gasteiger partial charge is 0.247 e. The Balaban J connectivity index is 1.38. The van der Waals surface area contributed by atoms with Crippen molar-refractivity contribution in [2.45, 2.75) is 29.7 Å². The van der Waals surface area contributed by atoms with Crippen LogP contribution in [0.1, 0.15) is 30.5 Å². The summed E-state index contributed by atoms with van der Waals surface area (Å²) < 4.78 is 37.2. The fourth-order valence-corrected chi connectivity index (χ4v) is 5.21. The Hall–Kier alpha value is -1.91. The second-order valence-electron chi connectivity index (χ2n) is 6.26. The SMILES string of the molecule is O=S(=O)(c1cccc2nsnc12)N1CC(n2cc(C3CC3)nn2)C1. The molecular weight excluding hydrogens is 348 g/mol. The van der Waals surface area contributed by atoms with Gasteiger partial charge in [0.25, 0.3) is 0 Å². The topological polar surface area (TPSA) is 93.9 Å². The van der Waals surface area contributed by atoms with Crippen LogP contribution in [0.15, 0.2) is 29.3 Å². The van der Waals surface area contributed by atoms with Crippen molar-refractivity contribution in [1.82, 2.24) is 28.0 Å². The molecule has 0 radical (unpaired) electrons. The van der Waals surface area contributed by atoms with Crippen LogP contribution in [0.5, 0.6) is 0 Å². The summed E-state index contributed by atoms with van der Waals surface area (Å²) in [5.41, 5.74) is 2.08. The summed E-state index contributed by atoms with van der Waals surface area (Å²) >= 11 is 1.02. The molecule has 2 fully saturated rings. The van der Waals surface area contributed by atoms with E-state index in [-0.39, 0.29) is 10.9 Å². The van der Waals surface area contributed by atoms with Crippen molar-refractivity contribution in [2.75, 3.05) is 13.1 Å². The predicted octanol–water partition coefficient (Wildman–Crippen LogP) is 1.41. The number of sulfonamides is 1. The summed E-state index contributed by atoms with van der Waals surface area (Å²) in [6, 6.07) is 5.11. The van der Waals surface area contributed by atoms with Gasteiger partial charge in [-0.25, -0.2) is 13.1 Å². The molecule has 1 saturated heterocycles. The minimum absolute atomic E-state index is 0.0486. The number of rotatable bonds is 4. The number of hydrogen-bond donors (Lipinski definition) is 0. The quantitative estimate of drug-likeness (QED) is 0.696. The highest BCUT2D eigenvalue weighted by molar-refractivity contribution is 7.89. The molecule has 24 heavy (non-hydrogen) atoms. The molecule has 10 heteroatoms. The van der Waals surface area contributed by atoms with Crippen LogP contribution in [0.4, 0.5) is 0 Å². The average Bonchev–Trinajstić information content (AvgIpc) is 3.06. The van der Waals surface area contributed by atoms with Crippen LogP contribution in [-0.2, 0) is 10.0 Å². The van der Waals surface area contributed by atoms with Crippen LogP contribution in [-0.4, -0.2) is 49.6 Å². The normalized spacial score (nSPS) is 19.7. The molecule has 0 spiro atoms. The summed E-state index contributed by atoms with van der Waals surface area (Å²) in [5.74, 6) is 0.549. The van der Waals surface area contributed by atoms with Crippen molar-refractivity contribution in [3.05, 3.63) is 30.1 Å². The van der Waals surface area contributed by atoms with Crippen molar-refractivity contribution in [1.29, 1.82) is 0 Å². The Morgan fingerprint density at radius 2 is 2.00 bits per heavy atom. The van der Waals surface area contributed by atoms with E-state index >= 15 is 0 Å². The molecule has 8 nitrogen and oxygen atoms in total. The third kappa shape index (κ3) is 2.17. The highest BCUT2D eigenvalue weighted by Gasteiger charge is 2.40. The molecule has 0 N–H and O–H groups in total. The molecule has 1 aliphatic carbocycles. The Labute approximate surface area is 142 Å². The van der Waals surface area contributed by atoms with Gasteiger partial charge in [-0.3, -0.25) is 0 Å². The van der Waals surface area contributed by atoms with Gasteiger partial charge < -0.3 is 0 Å². The van der Waals surface area contributed by atoms with Crippen molar-refractivity contribution in [3.63, 3.8) is 0 Å². The van der Waals surface area contributed by atoms with Gasteiger partial charge >= 0.3 is 0 Å². The molecule has 124 valence electrons. The Kier molecular flexibility index (Phi) is 3.03. The maximum atomic E-state index is 12.8. The summed E-state index contributed by atoms with van der Waals surface area (Å²) in [4.78, 5) is 0.226. The molecule has 2 aliphatic rings. The molecule has 3 aromatic rings. The first kappa shape index (κ1) is 14.4. The van der Waals surface area contributed by atoms with E-state index in [4.69, 9.17) is 0 Å². The molecule has 1 aliphatic heterocycles. The van der Waals surface area contributed by atoms with Crippen LogP contribution in [0, 0.1) is 0 Å². The zero-order valence-electron chi connectivity index (χ0n) is 12.6. The van der Waals surface area contributed by atoms with Crippen molar-refractivity contribution < 1.29 is 8.42 Å². The summed E-state index contributed by atoms with van der Waals surface area (Å²) in [6.07, 6.45) is 4.31. The molecule has 0 unspecified atom stereocenters. The molecule has 1 aromatic carbocycles. The lowest BCUT2D eigenvalue weighted by atomic mass is 10.2. The lowest BCUT2D eigenvalue weighted by molar-refractivity contribution is 0.189. The summed E-state index contributed by atoms with van der Waals surface area (Å²) in [7, 11) is -3.56. The van der Waals surface area contributed by atoms with Gasteiger partial charge in [-0.15, -0.1) is 5.10 Å². The number of benzene rings is 1. The van der Waals surface area contributed by atoms with Crippen LogP contribution in [0.3, 0.4) is 0 Å². The maximum Gasteiger partial charge on any atom is 0.245 e. The molecule has 1 saturated carbocycles. The third-order valence-corrected chi connectivity index (χ3v) is 7.00. The van der Waals surface area contributed by atoms with Crippen LogP contribution in [0.2, 0.25) is 0 Å². The van der Waals surface area contributed by atoms with Gasteiger partial charge in [0, 0.05) is 25.2 Å². The van der Waals surface area contributed by atoms with Gasteiger partial charge in [-0.05, 0) is 25.0 Å². The molecule has 0 bridgehead atoms. The Morgan fingerprint density at radius 1 is 1.17 bits per heavy atom. The van der Waals surface area contributed by atoms with Gasteiger partial charge in [0.05, 0.1) is 23.5 Å². The second-order valence-corrected chi connectivity index (χ2v) is 8.70. The standard InChI is InChI=1S/C14H14N6O2S2/c21-24(22,13-3-1-2-11-14(13)17-23-16-11)19-6-10(7-19)20-8-12(15-18-20)9-4-5-9/h1-3,8-10H,4-7H2. The molecule has 5 rings (SSSR count). The van der Waals surface area contributed by atoms with Crippen molar-refractivity contribution in [2.24, 2.45) is 0 Å². The monoisotopic (exact) mass is 362 g/mol. The van der Waals surface area contributed by atoms with E-state index < -0.39 is 10.0 Å². The first-order valence-electron chi connectivity index (χ1n) is 7.76. The fourth-order valence-electron chi connectivity index (χ4n) is 2.94. The van der Waals surface area contributed by atoms with Gasteiger partial charge in [0.1, 0.15) is 15.9 Å². The van der Waals surface area contributed by atoms with Crippen molar-refractivity contribution >= 4 is 32.8 Å². The summed E-state index contributed by atoms with van der Waals surface area (Å²) in [5, 5.41) is 8.34. The Morgan fingerprint density at radius 3 is 2.79 bits per heavy atom. The first-order valence-corrected chi connectivity index (χ1v) is 9.93. The molecule has 0 amide bonds. The van der Waals surface area contributed by atoms with E-state index in [2.05, 4.69) is 19.1 Å². The van der Waals surface area contributed by atoms with Crippen molar-refractivity contribution in [3.8, 4) is 0 Å². The molecule has 0 atom stereocenters. The maximum absolute atomic E-state index is 12.8. The molecule has 3 heterocycles. The lowest BCUT2D eigenvalue weighted by Gasteiger charge is -2.37. The van der Waals surface area contributed by atoms with E-state index in [9.17, 15) is 8.42 Å². The van der Waals surface area contributed by atoms with Gasteiger partial charge in [-0.2, -0.15) is 13.1 Å². The number of aromatic nitrogens is 5. The smallest absolute Gasteiger partial charge is 0.245 e. The zero-order valence-corrected chi connectivity index (χ0v) is 14.2. The summed E-state index contributed by atoms with van der Waals surface area (Å²) in [6.45, 7) is 0.813. The van der Waals surface area contributed by atoms with E-state index in [1.165, 1.54) is 17.1 Å². The molecule has 2 aromatic heterocycles. The zero-order chi connectivity index (χ0) is 16.3. The average molecular weight is 362 g/mol.